The summed E-state index contributed by atoms with van der Waals surface area (Å²) >= 11 is 0. The molecule has 17 heavy (non-hydrogen) atoms. The molecule has 0 N–H and O–H groups in total. The van der Waals surface area contributed by atoms with Crippen molar-refractivity contribution in [2.45, 2.75) is 51.9 Å². The Labute approximate surface area is 109 Å². The van der Waals surface area contributed by atoms with Crippen molar-refractivity contribution in [2.75, 3.05) is 14.1 Å². The lowest BCUT2D eigenvalue weighted by Crippen LogP contribution is -2.48. The summed E-state index contributed by atoms with van der Waals surface area (Å²) in [5.74, 6) is 4.11. The fraction of sp³-hybridized carbons (Fsp3) is 0.733. The highest BCUT2D eigenvalue weighted by Gasteiger charge is 2.34. The quantitative estimate of drug-likeness (QED) is 0.408. The van der Waals surface area contributed by atoms with Crippen LogP contribution in [0.5, 0.6) is 0 Å². The van der Waals surface area contributed by atoms with E-state index in [0.717, 1.165) is 12.8 Å². The maximum absolute atomic E-state index is 3.86. The molecule has 0 aliphatic rings. The summed E-state index contributed by atoms with van der Waals surface area (Å²) in [4.78, 5) is 2.29. The molecule has 0 aliphatic heterocycles. The van der Waals surface area contributed by atoms with Crippen molar-refractivity contribution in [1.29, 1.82) is 0 Å². The maximum atomic E-state index is 3.86. The minimum absolute atomic E-state index is 0.00549. The van der Waals surface area contributed by atoms with E-state index < -0.39 is 8.07 Å². The molecule has 0 aliphatic carbocycles. The van der Waals surface area contributed by atoms with Gasteiger partial charge in [0.15, 0.2) is 0 Å². The summed E-state index contributed by atoms with van der Waals surface area (Å²) in [7, 11) is 2.97. The summed E-state index contributed by atoms with van der Waals surface area (Å²) in [5.41, 5.74) is 3.54. The van der Waals surface area contributed by atoms with Crippen LogP contribution in [0.25, 0.3) is 0 Å². The van der Waals surface area contributed by atoms with Gasteiger partial charge in [-0.2, -0.15) is 0 Å². The van der Waals surface area contributed by atoms with Crippen LogP contribution in [0.3, 0.4) is 0 Å². The predicted octanol–water partition coefficient (Wildman–Crippen LogP) is 3.79. The normalized spacial score (nSPS) is 16.9. The van der Waals surface area contributed by atoms with E-state index in [1.54, 1.807) is 0 Å². The Kier molecular flexibility index (Phi) is 6.22. The number of allylic oxidation sites excluding steroid dienone is 1. The first-order chi connectivity index (χ1) is 7.69. The molecule has 0 aromatic heterocycles. The van der Waals surface area contributed by atoms with Crippen LogP contribution in [-0.4, -0.2) is 32.6 Å². The topological polar surface area (TPSA) is 3.24 Å². The Balaban J connectivity index is 5.35. The zero-order chi connectivity index (χ0) is 13.7. The van der Waals surface area contributed by atoms with Gasteiger partial charge in [0.2, 0.25) is 0 Å². The monoisotopic (exact) mass is 251 g/mol. The van der Waals surface area contributed by atoms with Gasteiger partial charge in [-0.05, 0) is 32.9 Å². The third-order valence-corrected chi connectivity index (χ3v) is 4.20. The lowest BCUT2D eigenvalue weighted by atomic mass is 9.80. The first-order valence-corrected chi connectivity index (χ1v) is 10.0. The van der Waals surface area contributed by atoms with Gasteiger partial charge in [-0.25, -0.2) is 0 Å². The van der Waals surface area contributed by atoms with Crippen LogP contribution in [0.15, 0.2) is 12.7 Å². The van der Waals surface area contributed by atoms with Crippen LogP contribution < -0.4 is 0 Å². The average Bonchev–Trinajstić information content (AvgIpc) is 2.17. The van der Waals surface area contributed by atoms with Gasteiger partial charge >= 0.3 is 0 Å². The number of hydrogen-bond donors (Lipinski definition) is 0. The molecule has 0 saturated carbocycles. The van der Waals surface area contributed by atoms with Gasteiger partial charge in [0.1, 0.15) is 8.07 Å². The average molecular weight is 251 g/mol. The Hall–Kier alpha value is -0.523. The second kappa shape index (κ2) is 6.42. The first-order valence-electron chi connectivity index (χ1n) is 6.52. The minimum Gasteiger partial charge on any atom is -0.293 e. The van der Waals surface area contributed by atoms with Gasteiger partial charge < -0.3 is 0 Å². The molecule has 0 amide bonds. The van der Waals surface area contributed by atoms with Crippen molar-refractivity contribution >= 4 is 8.07 Å². The number of hydrogen-bond acceptors (Lipinski definition) is 1. The molecule has 0 aromatic rings. The predicted molar refractivity (Wildman–Crippen MR) is 81.8 cm³/mol. The molecular weight excluding hydrogens is 222 g/mol. The molecule has 2 heteroatoms. The van der Waals surface area contributed by atoms with Crippen molar-refractivity contribution in [3.8, 4) is 11.5 Å². The smallest absolute Gasteiger partial charge is 0.129 e. The van der Waals surface area contributed by atoms with Gasteiger partial charge in [-0.15, -0.1) is 12.1 Å². The summed E-state index contributed by atoms with van der Waals surface area (Å²) < 4.78 is 0. The molecule has 0 fully saturated rings. The SMILES string of the molecule is C=CCC(C)C(C#C[Si](C)(C)C)(CC)N(C)C. The Morgan fingerprint density at radius 2 is 1.88 bits per heavy atom. The van der Waals surface area contributed by atoms with Crippen molar-refractivity contribution in [3.05, 3.63) is 12.7 Å². The molecule has 0 heterocycles. The van der Waals surface area contributed by atoms with Gasteiger partial charge in [-0.3, -0.25) is 4.90 Å². The van der Waals surface area contributed by atoms with Crippen molar-refractivity contribution in [1.82, 2.24) is 4.90 Å². The second-order valence-corrected chi connectivity index (χ2v) is 10.8. The van der Waals surface area contributed by atoms with Crippen molar-refractivity contribution in [3.63, 3.8) is 0 Å². The lowest BCUT2D eigenvalue weighted by molar-refractivity contribution is 0.143. The van der Waals surface area contributed by atoms with E-state index in [-0.39, 0.29) is 5.54 Å². The van der Waals surface area contributed by atoms with Crippen LogP contribution in [0, 0.1) is 17.4 Å². The zero-order valence-corrected chi connectivity index (χ0v) is 13.7. The standard InChI is InChI=1S/C15H29NSi/c1-9-11-14(3)15(10-2,16(4)5)12-13-17(6,7)8/h9,14H,1,10-11H2,2-8H3. The van der Waals surface area contributed by atoms with Gasteiger partial charge in [0.25, 0.3) is 0 Å². The molecule has 0 aromatic carbocycles. The van der Waals surface area contributed by atoms with E-state index in [1.165, 1.54) is 0 Å². The molecule has 0 bridgehead atoms. The van der Waals surface area contributed by atoms with E-state index in [2.05, 4.69) is 70.5 Å². The molecule has 0 spiro atoms. The second-order valence-electron chi connectivity index (χ2n) is 6.10. The lowest BCUT2D eigenvalue weighted by Gasteiger charge is -2.40. The van der Waals surface area contributed by atoms with Crippen molar-refractivity contribution < 1.29 is 0 Å². The molecule has 0 saturated heterocycles. The zero-order valence-electron chi connectivity index (χ0n) is 12.7. The van der Waals surface area contributed by atoms with E-state index in [1.807, 2.05) is 6.08 Å². The highest BCUT2D eigenvalue weighted by molar-refractivity contribution is 6.83. The van der Waals surface area contributed by atoms with E-state index in [9.17, 15) is 0 Å². The maximum Gasteiger partial charge on any atom is 0.129 e. The first kappa shape index (κ1) is 16.5. The summed E-state index contributed by atoms with van der Waals surface area (Å²) in [6.07, 6.45) is 4.09. The summed E-state index contributed by atoms with van der Waals surface area (Å²) in [6.45, 7) is 15.3. The van der Waals surface area contributed by atoms with Crippen LogP contribution >= 0.6 is 0 Å². The number of nitrogens with zero attached hydrogens (tertiary/aromatic N) is 1. The highest BCUT2D eigenvalue weighted by atomic mass is 28.3. The van der Waals surface area contributed by atoms with Crippen LogP contribution in [0.1, 0.15) is 26.7 Å². The molecular formula is C15H29NSi. The fourth-order valence-electron chi connectivity index (χ4n) is 2.17. The van der Waals surface area contributed by atoms with Gasteiger partial charge in [0, 0.05) is 0 Å². The number of rotatable bonds is 5. The molecule has 98 valence electrons. The summed E-state index contributed by atoms with van der Waals surface area (Å²) in [5, 5.41) is 0. The van der Waals surface area contributed by atoms with Gasteiger partial charge in [0.05, 0.1) is 5.54 Å². The molecule has 2 atom stereocenters. The largest absolute Gasteiger partial charge is 0.293 e. The molecule has 1 nitrogen and oxygen atoms in total. The van der Waals surface area contributed by atoms with Gasteiger partial charge in [-0.1, -0.05) is 45.5 Å². The van der Waals surface area contributed by atoms with E-state index >= 15 is 0 Å². The Bertz CT molecular complexity index is 303. The van der Waals surface area contributed by atoms with Crippen LogP contribution in [0.2, 0.25) is 19.6 Å². The third-order valence-electron chi connectivity index (χ3n) is 3.33. The molecule has 0 rings (SSSR count). The third kappa shape index (κ3) is 4.69. The Morgan fingerprint density at radius 3 is 2.18 bits per heavy atom. The van der Waals surface area contributed by atoms with E-state index in [4.69, 9.17) is 0 Å². The Morgan fingerprint density at radius 1 is 1.35 bits per heavy atom. The van der Waals surface area contributed by atoms with Crippen LogP contribution in [0.4, 0.5) is 0 Å². The van der Waals surface area contributed by atoms with Crippen molar-refractivity contribution in [2.24, 2.45) is 5.92 Å². The molecule has 0 radical (unpaired) electrons. The van der Waals surface area contributed by atoms with Crippen LogP contribution in [-0.2, 0) is 0 Å². The van der Waals surface area contributed by atoms with E-state index in [0.29, 0.717) is 5.92 Å². The minimum atomic E-state index is -1.31. The molecule has 2 unspecified atom stereocenters. The summed E-state index contributed by atoms with van der Waals surface area (Å²) in [6, 6.07) is 0. The highest BCUT2D eigenvalue weighted by Crippen LogP contribution is 2.29. The fourth-order valence-corrected chi connectivity index (χ4v) is 2.76.